The predicted molar refractivity (Wildman–Crippen MR) is 97.5 cm³/mol. The summed E-state index contributed by atoms with van der Waals surface area (Å²) in [5.74, 6) is -0.419. The highest BCUT2D eigenvalue weighted by Crippen LogP contribution is 2.29. The molecule has 0 unspecified atom stereocenters. The van der Waals surface area contributed by atoms with Crippen molar-refractivity contribution < 1.29 is 17.6 Å². The van der Waals surface area contributed by atoms with Gasteiger partial charge in [-0.25, -0.2) is 12.8 Å². The number of thiophene rings is 1. The molecule has 2 aromatic rings. The molecule has 0 aliphatic carbocycles. The fraction of sp³-hybridized carbons (Fsp3) is 0.312. The molecule has 134 valence electrons. The molecule has 0 bridgehead atoms. The molecule has 1 aliphatic rings. The molecule has 9 heteroatoms. The average molecular weight is 447 g/mol. The first-order chi connectivity index (χ1) is 11.9. The number of hydrogen-bond acceptors (Lipinski definition) is 4. The van der Waals surface area contributed by atoms with Crippen LogP contribution >= 0.6 is 27.3 Å². The van der Waals surface area contributed by atoms with E-state index in [2.05, 4.69) is 15.9 Å². The number of nitrogens with zero attached hydrogens (tertiary/aromatic N) is 2. The van der Waals surface area contributed by atoms with Crippen molar-refractivity contribution in [3.05, 3.63) is 51.6 Å². The molecule has 1 fully saturated rings. The molecule has 2 heterocycles. The lowest BCUT2D eigenvalue weighted by atomic mass is 10.1. The molecular formula is C16H16BrFN2O3S2. The Bertz CT molecular complexity index is 860. The van der Waals surface area contributed by atoms with Crippen LogP contribution in [0.4, 0.5) is 4.39 Å². The highest BCUT2D eigenvalue weighted by molar-refractivity contribution is 9.11. The average Bonchev–Trinajstić information content (AvgIpc) is 3.04. The van der Waals surface area contributed by atoms with Gasteiger partial charge in [0.1, 0.15) is 10.0 Å². The van der Waals surface area contributed by atoms with E-state index in [9.17, 15) is 17.6 Å². The number of carbonyl (C=O) groups is 1. The summed E-state index contributed by atoms with van der Waals surface area (Å²) in [5, 5.41) is 0. The van der Waals surface area contributed by atoms with Gasteiger partial charge in [0.05, 0.1) is 10.2 Å². The van der Waals surface area contributed by atoms with Crippen LogP contribution in [0.25, 0.3) is 0 Å². The van der Waals surface area contributed by atoms with Crippen LogP contribution in [0.5, 0.6) is 0 Å². The lowest BCUT2D eigenvalue weighted by Crippen LogP contribution is -2.50. The Kier molecular flexibility index (Phi) is 5.57. The van der Waals surface area contributed by atoms with E-state index in [0.29, 0.717) is 17.3 Å². The normalized spacial score (nSPS) is 16.2. The second kappa shape index (κ2) is 7.53. The molecule has 0 atom stereocenters. The van der Waals surface area contributed by atoms with E-state index in [1.54, 1.807) is 29.2 Å². The Morgan fingerprint density at radius 1 is 1.08 bits per heavy atom. The standard InChI is InChI=1S/C16H16BrFN2O3S2/c17-14-5-6-16(24-14)25(22,23)20-9-7-19(8-10-20)15(21)11-12-1-3-13(18)4-2-12/h1-6H,7-11H2. The maximum Gasteiger partial charge on any atom is 0.252 e. The van der Waals surface area contributed by atoms with Crippen molar-refractivity contribution in [2.24, 2.45) is 0 Å². The maximum atomic E-state index is 12.9. The molecular weight excluding hydrogens is 431 g/mol. The lowest BCUT2D eigenvalue weighted by Gasteiger charge is -2.33. The highest BCUT2D eigenvalue weighted by atomic mass is 79.9. The molecule has 25 heavy (non-hydrogen) atoms. The second-order valence-corrected chi connectivity index (χ2v) is 10.3. The number of rotatable bonds is 4. The van der Waals surface area contributed by atoms with Crippen LogP contribution in [0.15, 0.2) is 44.4 Å². The quantitative estimate of drug-likeness (QED) is 0.725. The minimum atomic E-state index is -3.51. The minimum absolute atomic E-state index is 0.0810. The molecule has 0 spiro atoms. The minimum Gasteiger partial charge on any atom is -0.340 e. The van der Waals surface area contributed by atoms with Crippen LogP contribution in [-0.2, 0) is 21.2 Å². The summed E-state index contributed by atoms with van der Waals surface area (Å²) in [4.78, 5) is 14.0. The number of halogens is 2. The van der Waals surface area contributed by atoms with E-state index >= 15 is 0 Å². The van der Waals surface area contributed by atoms with Gasteiger partial charge in [-0.05, 0) is 45.8 Å². The molecule has 1 aliphatic heterocycles. The van der Waals surface area contributed by atoms with Crippen molar-refractivity contribution in [3.63, 3.8) is 0 Å². The van der Waals surface area contributed by atoms with Gasteiger partial charge in [0.15, 0.2) is 0 Å². The van der Waals surface area contributed by atoms with E-state index in [4.69, 9.17) is 0 Å². The largest absolute Gasteiger partial charge is 0.340 e. The van der Waals surface area contributed by atoms with Gasteiger partial charge in [-0.1, -0.05) is 12.1 Å². The number of hydrogen-bond donors (Lipinski definition) is 0. The third-order valence-electron chi connectivity index (χ3n) is 4.00. The molecule has 1 saturated heterocycles. The highest BCUT2D eigenvalue weighted by Gasteiger charge is 2.31. The van der Waals surface area contributed by atoms with E-state index in [1.165, 1.54) is 27.8 Å². The van der Waals surface area contributed by atoms with E-state index in [1.807, 2.05) is 0 Å². The van der Waals surface area contributed by atoms with Gasteiger partial charge >= 0.3 is 0 Å². The van der Waals surface area contributed by atoms with Crippen molar-refractivity contribution in [2.45, 2.75) is 10.6 Å². The van der Waals surface area contributed by atoms with Crippen LogP contribution in [0, 0.1) is 5.82 Å². The van der Waals surface area contributed by atoms with Crippen LogP contribution in [-0.4, -0.2) is 49.7 Å². The third-order valence-corrected chi connectivity index (χ3v) is 7.99. The van der Waals surface area contributed by atoms with Crippen LogP contribution in [0.1, 0.15) is 5.56 Å². The Morgan fingerprint density at radius 3 is 2.28 bits per heavy atom. The third kappa shape index (κ3) is 4.28. The molecule has 0 saturated carbocycles. The first-order valence-corrected chi connectivity index (χ1v) is 10.7. The summed E-state index contributed by atoms with van der Waals surface area (Å²) in [6.45, 7) is 1.25. The topological polar surface area (TPSA) is 57.7 Å². The fourth-order valence-corrected chi connectivity index (χ4v) is 6.22. The summed E-state index contributed by atoms with van der Waals surface area (Å²) >= 11 is 4.45. The SMILES string of the molecule is O=C(Cc1ccc(F)cc1)N1CCN(S(=O)(=O)c2ccc(Br)s2)CC1. The summed E-state index contributed by atoms with van der Waals surface area (Å²) < 4.78 is 40.5. The van der Waals surface area contributed by atoms with E-state index in [0.717, 1.165) is 9.35 Å². The smallest absolute Gasteiger partial charge is 0.252 e. The fourth-order valence-electron chi connectivity index (χ4n) is 2.63. The molecule has 0 N–H and O–H groups in total. The van der Waals surface area contributed by atoms with Crippen LogP contribution < -0.4 is 0 Å². The summed E-state index contributed by atoms with van der Waals surface area (Å²) in [6.07, 6.45) is 0.185. The number of sulfonamides is 1. The second-order valence-electron chi connectivity index (χ2n) is 5.65. The maximum absolute atomic E-state index is 12.9. The zero-order valence-electron chi connectivity index (χ0n) is 13.2. The van der Waals surface area contributed by atoms with E-state index < -0.39 is 10.0 Å². The van der Waals surface area contributed by atoms with Gasteiger partial charge in [-0.2, -0.15) is 4.31 Å². The summed E-state index contributed by atoms with van der Waals surface area (Å²) in [7, 11) is -3.51. The zero-order valence-corrected chi connectivity index (χ0v) is 16.4. The number of carbonyl (C=O) groups excluding carboxylic acids is 1. The van der Waals surface area contributed by atoms with Crippen molar-refractivity contribution in [2.75, 3.05) is 26.2 Å². The Labute approximate surface area is 158 Å². The lowest BCUT2D eigenvalue weighted by molar-refractivity contribution is -0.131. The molecule has 3 rings (SSSR count). The Balaban J connectivity index is 1.59. The van der Waals surface area contributed by atoms with Crippen molar-refractivity contribution in [3.8, 4) is 0 Å². The monoisotopic (exact) mass is 446 g/mol. The molecule has 5 nitrogen and oxygen atoms in total. The van der Waals surface area contributed by atoms with Gasteiger partial charge in [0.2, 0.25) is 5.91 Å². The summed E-state index contributed by atoms with van der Waals surface area (Å²) in [6, 6.07) is 9.11. The first kappa shape index (κ1) is 18.5. The first-order valence-electron chi connectivity index (χ1n) is 7.64. The molecule has 1 aromatic carbocycles. The van der Waals surface area contributed by atoms with E-state index in [-0.39, 0.29) is 31.2 Å². The Hall–Kier alpha value is -1.29. The number of benzene rings is 1. The van der Waals surface area contributed by atoms with Gasteiger partial charge in [-0.3, -0.25) is 4.79 Å². The summed E-state index contributed by atoms with van der Waals surface area (Å²) in [5.41, 5.74) is 0.741. The van der Waals surface area contributed by atoms with Crippen molar-refractivity contribution in [1.82, 2.24) is 9.21 Å². The molecule has 0 radical (unpaired) electrons. The number of piperazine rings is 1. The molecule has 1 amide bonds. The van der Waals surface area contributed by atoms with Gasteiger partial charge in [0, 0.05) is 26.2 Å². The van der Waals surface area contributed by atoms with Crippen molar-refractivity contribution >= 4 is 43.2 Å². The van der Waals surface area contributed by atoms with Crippen LogP contribution in [0.2, 0.25) is 0 Å². The van der Waals surface area contributed by atoms with Crippen LogP contribution in [0.3, 0.4) is 0 Å². The van der Waals surface area contributed by atoms with Gasteiger partial charge < -0.3 is 4.90 Å². The van der Waals surface area contributed by atoms with Gasteiger partial charge in [-0.15, -0.1) is 11.3 Å². The predicted octanol–water partition coefficient (Wildman–Crippen LogP) is 2.73. The van der Waals surface area contributed by atoms with Gasteiger partial charge in [0.25, 0.3) is 10.0 Å². The van der Waals surface area contributed by atoms with Crippen molar-refractivity contribution in [1.29, 1.82) is 0 Å². The number of amides is 1. The molecule has 1 aromatic heterocycles. The zero-order chi connectivity index (χ0) is 18.0. The Morgan fingerprint density at radius 2 is 1.72 bits per heavy atom.